The number of imide groups is 1. The highest BCUT2D eigenvalue weighted by molar-refractivity contribution is 6.07. The summed E-state index contributed by atoms with van der Waals surface area (Å²) in [5.41, 5.74) is 0.332. The van der Waals surface area contributed by atoms with Crippen LogP contribution in [0.15, 0.2) is 30.5 Å². The molecule has 2 aliphatic rings. The van der Waals surface area contributed by atoms with Crippen LogP contribution in [-0.4, -0.2) is 27.4 Å². The minimum Gasteiger partial charge on any atom is -0.323 e. The Balaban J connectivity index is 1.70. The van der Waals surface area contributed by atoms with Crippen molar-refractivity contribution in [2.45, 2.75) is 31.8 Å². The fourth-order valence-electron chi connectivity index (χ4n) is 3.29. The third-order valence-corrected chi connectivity index (χ3v) is 4.82. The van der Waals surface area contributed by atoms with Crippen molar-refractivity contribution in [3.05, 3.63) is 41.8 Å². The SMILES string of the molecule is CC1(C2CC2)NC(=O)N(Cc2ccc(F)c3cccnc23)C1=O. The Bertz CT molecular complexity index is 834. The van der Waals surface area contributed by atoms with E-state index in [1.807, 2.05) is 0 Å². The molecule has 4 rings (SSSR count). The van der Waals surface area contributed by atoms with Crippen molar-refractivity contribution in [2.75, 3.05) is 0 Å². The number of hydrogen-bond donors (Lipinski definition) is 1. The standard InChI is InChI=1S/C17H16FN3O2/c1-17(11-5-6-11)15(22)21(16(23)20-17)9-10-4-7-13(18)12-3-2-8-19-14(10)12/h2-4,7-8,11H,5-6,9H2,1H3,(H,20,23). The number of amides is 3. The van der Waals surface area contributed by atoms with Gasteiger partial charge in [-0.3, -0.25) is 14.7 Å². The number of carbonyl (C=O) groups is 2. The average molecular weight is 313 g/mol. The summed E-state index contributed by atoms with van der Waals surface area (Å²) in [6, 6.07) is 5.84. The van der Waals surface area contributed by atoms with E-state index in [-0.39, 0.29) is 24.2 Å². The van der Waals surface area contributed by atoms with E-state index in [1.165, 1.54) is 11.0 Å². The summed E-state index contributed by atoms with van der Waals surface area (Å²) in [5, 5.41) is 3.21. The number of nitrogens with zero attached hydrogens (tertiary/aromatic N) is 2. The van der Waals surface area contributed by atoms with Gasteiger partial charge >= 0.3 is 6.03 Å². The second-order valence-electron chi connectivity index (χ2n) is 6.40. The van der Waals surface area contributed by atoms with Crippen LogP contribution < -0.4 is 5.32 Å². The molecule has 2 heterocycles. The second-order valence-corrected chi connectivity index (χ2v) is 6.40. The lowest BCUT2D eigenvalue weighted by Crippen LogP contribution is -2.46. The number of rotatable bonds is 3. The first-order valence-electron chi connectivity index (χ1n) is 7.67. The zero-order valence-electron chi connectivity index (χ0n) is 12.7. The van der Waals surface area contributed by atoms with Gasteiger partial charge in [0.15, 0.2) is 0 Å². The number of nitrogens with one attached hydrogen (secondary N) is 1. The number of hydrogen-bond acceptors (Lipinski definition) is 3. The highest BCUT2D eigenvalue weighted by Crippen LogP contribution is 2.43. The molecular weight excluding hydrogens is 297 g/mol. The molecule has 1 saturated heterocycles. The number of urea groups is 1. The molecule has 1 aliphatic carbocycles. The van der Waals surface area contributed by atoms with Crippen LogP contribution in [-0.2, 0) is 11.3 Å². The van der Waals surface area contributed by atoms with Gasteiger partial charge in [0.05, 0.1) is 12.1 Å². The molecule has 1 aliphatic heterocycles. The quantitative estimate of drug-likeness (QED) is 0.886. The molecule has 2 aromatic rings. The van der Waals surface area contributed by atoms with Crippen LogP contribution in [0.5, 0.6) is 0 Å². The van der Waals surface area contributed by atoms with Gasteiger partial charge in [-0.1, -0.05) is 6.07 Å². The van der Waals surface area contributed by atoms with Gasteiger partial charge in [0.25, 0.3) is 5.91 Å². The Hall–Kier alpha value is -2.50. The van der Waals surface area contributed by atoms with Gasteiger partial charge in [0.2, 0.25) is 0 Å². The summed E-state index contributed by atoms with van der Waals surface area (Å²) in [5.74, 6) is -0.359. The average Bonchev–Trinajstić information content (AvgIpc) is 3.36. The van der Waals surface area contributed by atoms with Crippen molar-refractivity contribution in [1.82, 2.24) is 15.2 Å². The molecule has 1 aromatic carbocycles. The van der Waals surface area contributed by atoms with Crippen LogP contribution in [0.3, 0.4) is 0 Å². The minimum atomic E-state index is -0.805. The van der Waals surface area contributed by atoms with Crippen molar-refractivity contribution in [3.8, 4) is 0 Å². The van der Waals surface area contributed by atoms with E-state index in [9.17, 15) is 14.0 Å². The van der Waals surface area contributed by atoms with Gasteiger partial charge in [-0.05, 0) is 49.4 Å². The molecule has 2 fully saturated rings. The number of aromatic nitrogens is 1. The molecule has 0 bridgehead atoms. The van der Waals surface area contributed by atoms with Crippen LogP contribution in [0.1, 0.15) is 25.3 Å². The van der Waals surface area contributed by atoms with Gasteiger partial charge in [-0.15, -0.1) is 0 Å². The molecule has 1 aromatic heterocycles. The van der Waals surface area contributed by atoms with E-state index in [0.717, 1.165) is 12.8 Å². The number of pyridine rings is 1. The fourth-order valence-corrected chi connectivity index (χ4v) is 3.29. The third-order valence-electron chi connectivity index (χ3n) is 4.82. The Labute approximate surface area is 132 Å². The van der Waals surface area contributed by atoms with Gasteiger partial charge in [0, 0.05) is 11.6 Å². The topological polar surface area (TPSA) is 62.3 Å². The summed E-state index contributed by atoms with van der Waals surface area (Å²) < 4.78 is 13.9. The molecule has 0 radical (unpaired) electrons. The van der Waals surface area contributed by atoms with Crippen molar-refractivity contribution < 1.29 is 14.0 Å². The van der Waals surface area contributed by atoms with Crippen molar-refractivity contribution in [1.29, 1.82) is 0 Å². The maximum absolute atomic E-state index is 13.9. The lowest BCUT2D eigenvalue weighted by molar-refractivity contribution is -0.131. The van der Waals surface area contributed by atoms with Crippen LogP contribution in [0, 0.1) is 11.7 Å². The molecule has 23 heavy (non-hydrogen) atoms. The summed E-state index contributed by atoms with van der Waals surface area (Å²) in [6.45, 7) is 1.88. The van der Waals surface area contributed by atoms with Crippen molar-refractivity contribution in [2.24, 2.45) is 5.92 Å². The van der Waals surface area contributed by atoms with Crippen LogP contribution >= 0.6 is 0 Å². The Morgan fingerprint density at radius 3 is 2.87 bits per heavy atom. The van der Waals surface area contributed by atoms with Gasteiger partial charge in [-0.25, -0.2) is 9.18 Å². The zero-order valence-corrected chi connectivity index (χ0v) is 12.7. The molecule has 6 heteroatoms. The zero-order chi connectivity index (χ0) is 16.2. The molecule has 1 unspecified atom stereocenters. The molecule has 0 spiro atoms. The third kappa shape index (κ3) is 2.09. The van der Waals surface area contributed by atoms with Crippen molar-refractivity contribution in [3.63, 3.8) is 0 Å². The van der Waals surface area contributed by atoms with E-state index in [0.29, 0.717) is 16.5 Å². The molecule has 1 saturated carbocycles. The number of halogens is 1. The second kappa shape index (κ2) is 4.75. The summed E-state index contributed by atoms with van der Waals surface area (Å²) >= 11 is 0. The van der Waals surface area contributed by atoms with Gasteiger partial charge < -0.3 is 5.32 Å². The Morgan fingerprint density at radius 1 is 1.35 bits per heavy atom. The monoisotopic (exact) mass is 313 g/mol. The fraction of sp³-hybridized carbons (Fsp3) is 0.353. The maximum Gasteiger partial charge on any atom is 0.325 e. The lowest BCUT2D eigenvalue weighted by Gasteiger charge is -2.21. The highest BCUT2D eigenvalue weighted by Gasteiger charge is 2.55. The van der Waals surface area contributed by atoms with E-state index < -0.39 is 11.6 Å². The first-order chi connectivity index (χ1) is 11.0. The highest BCUT2D eigenvalue weighted by atomic mass is 19.1. The first-order valence-corrected chi connectivity index (χ1v) is 7.67. The number of benzene rings is 1. The predicted octanol–water partition coefficient (Wildman–Crippen LogP) is 2.59. The molecule has 1 N–H and O–H groups in total. The minimum absolute atomic E-state index is 0.0980. The van der Waals surface area contributed by atoms with Crippen molar-refractivity contribution >= 4 is 22.8 Å². The maximum atomic E-state index is 13.9. The van der Waals surface area contributed by atoms with E-state index in [4.69, 9.17) is 0 Å². The van der Waals surface area contributed by atoms with Crippen LogP contribution in [0.4, 0.5) is 9.18 Å². The largest absolute Gasteiger partial charge is 0.325 e. The Kier molecular flexibility index (Phi) is 2.91. The summed E-state index contributed by atoms with van der Waals surface area (Å²) in [7, 11) is 0. The van der Waals surface area contributed by atoms with E-state index in [1.54, 1.807) is 31.3 Å². The van der Waals surface area contributed by atoms with Gasteiger partial charge in [0.1, 0.15) is 11.4 Å². The molecule has 118 valence electrons. The number of fused-ring (bicyclic) bond motifs is 1. The molecule has 1 atom stereocenters. The Morgan fingerprint density at radius 2 is 2.13 bits per heavy atom. The van der Waals surface area contributed by atoms with Gasteiger partial charge in [-0.2, -0.15) is 0 Å². The summed E-state index contributed by atoms with van der Waals surface area (Å²) in [4.78, 5) is 30.3. The molecular formula is C17H16FN3O2. The normalized spacial score (nSPS) is 24.3. The van der Waals surface area contributed by atoms with E-state index >= 15 is 0 Å². The molecule has 5 nitrogen and oxygen atoms in total. The summed E-state index contributed by atoms with van der Waals surface area (Å²) in [6.07, 6.45) is 3.49. The van der Waals surface area contributed by atoms with Crippen LogP contribution in [0.2, 0.25) is 0 Å². The molecule has 3 amide bonds. The lowest BCUT2D eigenvalue weighted by atomic mass is 9.96. The predicted molar refractivity (Wildman–Crippen MR) is 81.9 cm³/mol. The van der Waals surface area contributed by atoms with E-state index in [2.05, 4.69) is 10.3 Å². The first kappa shape index (κ1) is 14.1. The number of carbonyl (C=O) groups excluding carboxylic acids is 2. The van der Waals surface area contributed by atoms with Crippen LogP contribution in [0.25, 0.3) is 10.9 Å². The smallest absolute Gasteiger partial charge is 0.323 e.